The molecule has 0 aromatic carbocycles. The quantitative estimate of drug-likeness (QED) is 0.768. The smallest absolute Gasteiger partial charge is 0.226 e. The first kappa shape index (κ1) is 12.5. The largest absolute Gasteiger partial charge is 0.340 e. The maximum atomic E-state index is 12.1. The van der Waals surface area contributed by atoms with Crippen LogP contribution in [0.3, 0.4) is 0 Å². The van der Waals surface area contributed by atoms with Gasteiger partial charge in [-0.25, -0.2) is 0 Å². The molecule has 0 saturated carbocycles. The molecule has 1 fully saturated rings. The lowest BCUT2D eigenvalue weighted by molar-refractivity contribution is -0.138. The van der Waals surface area contributed by atoms with Crippen molar-refractivity contribution in [3.8, 4) is 0 Å². The van der Waals surface area contributed by atoms with Crippen molar-refractivity contribution in [3.63, 3.8) is 0 Å². The van der Waals surface area contributed by atoms with E-state index in [0.29, 0.717) is 11.9 Å². The molecule has 1 N–H and O–H groups in total. The van der Waals surface area contributed by atoms with Gasteiger partial charge < -0.3 is 10.2 Å². The van der Waals surface area contributed by atoms with Gasteiger partial charge in [0.15, 0.2) is 0 Å². The predicted molar refractivity (Wildman–Crippen MR) is 62.7 cm³/mol. The lowest BCUT2D eigenvalue weighted by Gasteiger charge is -2.35. The Morgan fingerprint density at radius 3 is 2.87 bits per heavy atom. The highest BCUT2D eigenvalue weighted by atomic mass is 16.2. The minimum absolute atomic E-state index is 0.116. The molecule has 0 bridgehead atoms. The Hall–Kier alpha value is -0.570. The van der Waals surface area contributed by atoms with E-state index in [2.05, 4.69) is 24.1 Å². The molecule has 3 heteroatoms. The highest BCUT2D eigenvalue weighted by molar-refractivity contribution is 5.79. The van der Waals surface area contributed by atoms with Gasteiger partial charge in [0, 0.05) is 25.0 Å². The molecule has 0 aromatic rings. The third kappa shape index (κ3) is 3.49. The Labute approximate surface area is 93.2 Å². The summed E-state index contributed by atoms with van der Waals surface area (Å²) in [7, 11) is 0. The first-order chi connectivity index (χ1) is 7.16. The van der Waals surface area contributed by atoms with Crippen LogP contribution in [0.15, 0.2) is 0 Å². The average molecular weight is 212 g/mol. The number of amides is 1. The van der Waals surface area contributed by atoms with Crippen LogP contribution in [0.5, 0.6) is 0 Å². The van der Waals surface area contributed by atoms with Crippen LogP contribution in [0.1, 0.15) is 40.0 Å². The molecule has 0 spiro atoms. The maximum absolute atomic E-state index is 12.1. The zero-order valence-electron chi connectivity index (χ0n) is 10.3. The van der Waals surface area contributed by atoms with Crippen LogP contribution >= 0.6 is 0 Å². The minimum atomic E-state index is 0.116. The third-order valence-electron chi connectivity index (χ3n) is 3.21. The van der Waals surface area contributed by atoms with E-state index in [4.69, 9.17) is 0 Å². The molecule has 1 aliphatic rings. The second kappa shape index (κ2) is 6.11. The van der Waals surface area contributed by atoms with Crippen LogP contribution in [-0.4, -0.2) is 36.5 Å². The zero-order chi connectivity index (χ0) is 11.3. The summed E-state index contributed by atoms with van der Waals surface area (Å²) in [6.45, 7) is 8.95. The maximum Gasteiger partial charge on any atom is 0.226 e. The van der Waals surface area contributed by atoms with Crippen molar-refractivity contribution >= 4 is 5.91 Å². The number of carbonyl (C=O) groups excluding carboxylic acids is 1. The van der Waals surface area contributed by atoms with E-state index in [-0.39, 0.29) is 5.92 Å². The van der Waals surface area contributed by atoms with E-state index in [1.165, 1.54) is 19.3 Å². The number of nitrogens with one attached hydrogen (secondary N) is 1. The van der Waals surface area contributed by atoms with Crippen molar-refractivity contribution in [2.45, 2.75) is 46.1 Å². The van der Waals surface area contributed by atoms with Crippen molar-refractivity contribution < 1.29 is 4.79 Å². The minimum Gasteiger partial charge on any atom is -0.340 e. The van der Waals surface area contributed by atoms with Gasteiger partial charge in [-0.1, -0.05) is 13.8 Å². The number of hydrogen-bond donors (Lipinski definition) is 1. The summed E-state index contributed by atoms with van der Waals surface area (Å²) in [5.41, 5.74) is 0. The van der Waals surface area contributed by atoms with Crippen LogP contribution < -0.4 is 5.32 Å². The molecule has 1 saturated heterocycles. The van der Waals surface area contributed by atoms with Gasteiger partial charge >= 0.3 is 0 Å². The first-order valence-electron chi connectivity index (χ1n) is 6.18. The van der Waals surface area contributed by atoms with Gasteiger partial charge in [0.2, 0.25) is 5.91 Å². The van der Waals surface area contributed by atoms with Crippen molar-refractivity contribution in [2.24, 2.45) is 5.92 Å². The summed E-state index contributed by atoms with van der Waals surface area (Å²) >= 11 is 0. The Morgan fingerprint density at radius 1 is 1.53 bits per heavy atom. The summed E-state index contributed by atoms with van der Waals surface area (Å²) in [5, 5.41) is 3.24. The van der Waals surface area contributed by atoms with Crippen molar-refractivity contribution in [2.75, 3.05) is 19.6 Å². The number of piperidine rings is 1. The Morgan fingerprint density at radius 2 is 2.27 bits per heavy atom. The summed E-state index contributed by atoms with van der Waals surface area (Å²) in [5.74, 6) is 0.439. The van der Waals surface area contributed by atoms with Crippen LogP contribution in [0.4, 0.5) is 0 Å². The molecule has 3 nitrogen and oxygen atoms in total. The second-order valence-electron chi connectivity index (χ2n) is 4.59. The van der Waals surface area contributed by atoms with Crippen LogP contribution in [0.2, 0.25) is 0 Å². The Bertz CT molecular complexity index is 206. The topological polar surface area (TPSA) is 32.3 Å². The van der Waals surface area contributed by atoms with Crippen molar-refractivity contribution in [1.29, 1.82) is 0 Å². The van der Waals surface area contributed by atoms with E-state index in [1.807, 2.05) is 6.92 Å². The van der Waals surface area contributed by atoms with Crippen LogP contribution in [0, 0.1) is 5.92 Å². The van der Waals surface area contributed by atoms with Gasteiger partial charge in [0.25, 0.3) is 0 Å². The summed E-state index contributed by atoms with van der Waals surface area (Å²) in [6, 6.07) is 0.440. The normalized spacial score (nSPS) is 23.9. The third-order valence-corrected chi connectivity index (χ3v) is 3.21. The molecule has 1 rings (SSSR count). The highest BCUT2D eigenvalue weighted by Crippen LogP contribution is 2.18. The molecular weight excluding hydrogens is 188 g/mol. The summed E-state index contributed by atoms with van der Waals surface area (Å²) < 4.78 is 0. The fraction of sp³-hybridized carbons (Fsp3) is 0.917. The molecule has 1 aliphatic heterocycles. The van der Waals surface area contributed by atoms with Gasteiger partial charge in [-0.3, -0.25) is 4.79 Å². The van der Waals surface area contributed by atoms with Gasteiger partial charge in [-0.2, -0.15) is 0 Å². The lowest BCUT2D eigenvalue weighted by atomic mass is 10.0. The van der Waals surface area contributed by atoms with E-state index in [1.54, 1.807) is 0 Å². The Balaban J connectivity index is 2.43. The molecule has 0 aromatic heterocycles. The fourth-order valence-corrected chi connectivity index (χ4v) is 2.16. The molecule has 0 aliphatic carbocycles. The summed E-state index contributed by atoms with van der Waals surface area (Å²) in [4.78, 5) is 14.2. The van der Waals surface area contributed by atoms with Crippen molar-refractivity contribution in [1.82, 2.24) is 10.2 Å². The van der Waals surface area contributed by atoms with Crippen LogP contribution in [-0.2, 0) is 4.79 Å². The number of hydrogen-bond acceptors (Lipinski definition) is 2. The van der Waals surface area contributed by atoms with E-state index < -0.39 is 0 Å². The SMILES string of the molecule is CCNCC(C)C(=O)N1CCCCC1C. The highest BCUT2D eigenvalue weighted by Gasteiger charge is 2.26. The predicted octanol–water partition coefficient (Wildman–Crippen LogP) is 1.63. The zero-order valence-corrected chi connectivity index (χ0v) is 10.3. The molecule has 88 valence electrons. The van der Waals surface area contributed by atoms with Gasteiger partial charge in [0.1, 0.15) is 0 Å². The number of carbonyl (C=O) groups is 1. The molecule has 15 heavy (non-hydrogen) atoms. The average Bonchev–Trinajstić information content (AvgIpc) is 2.25. The first-order valence-corrected chi connectivity index (χ1v) is 6.18. The number of rotatable bonds is 4. The molecule has 2 atom stereocenters. The van der Waals surface area contributed by atoms with Gasteiger partial charge in [-0.15, -0.1) is 0 Å². The molecule has 2 unspecified atom stereocenters. The van der Waals surface area contributed by atoms with E-state index in [0.717, 1.165) is 19.6 Å². The molecule has 1 amide bonds. The van der Waals surface area contributed by atoms with E-state index in [9.17, 15) is 4.79 Å². The summed E-state index contributed by atoms with van der Waals surface area (Å²) in [6.07, 6.45) is 3.61. The standard InChI is InChI=1S/C12H24N2O/c1-4-13-9-10(2)12(15)14-8-6-5-7-11(14)3/h10-11,13H,4-9H2,1-3H3. The van der Waals surface area contributed by atoms with E-state index >= 15 is 0 Å². The number of nitrogens with zero attached hydrogens (tertiary/aromatic N) is 1. The molecule has 1 heterocycles. The second-order valence-corrected chi connectivity index (χ2v) is 4.59. The van der Waals surface area contributed by atoms with Crippen molar-refractivity contribution in [3.05, 3.63) is 0 Å². The fourth-order valence-electron chi connectivity index (χ4n) is 2.16. The molecule has 0 radical (unpaired) electrons. The molecular formula is C12H24N2O. The number of likely N-dealkylation sites (tertiary alicyclic amines) is 1. The van der Waals surface area contributed by atoms with Gasteiger partial charge in [0.05, 0.1) is 0 Å². The lowest BCUT2D eigenvalue weighted by Crippen LogP contribution is -2.46. The van der Waals surface area contributed by atoms with Crippen LogP contribution in [0.25, 0.3) is 0 Å². The monoisotopic (exact) mass is 212 g/mol. The Kier molecular flexibility index (Phi) is 5.09. The van der Waals surface area contributed by atoms with Gasteiger partial charge in [-0.05, 0) is 32.7 Å².